The van der Waals surface area contributed by atoms with Crippen LogP contribution in [0.1, 0.15) is 5.56 Å². The van der Waals surface area contributed by atoms with Crippen molar-refractivity contribution >= 4 is 35.2 Å². The minimum absolute atomic E-state index is 0.143. The van der Waals surface area contributed by atoms with E-state index in [0.717, 1.165) is 11.3 Å². The molecule has 0 bridgehead atoms. The van der Waals surface area contributed by atoms with Gasteiger partial charge in [-0.05, 0) is 17.7 Å². The lowest BCUT2D eigenvalue weighted by Gasteiger charge is -2.32. The van der Waals surface area contributed by atoms with E-state index >= 15 is 0 Å². The van der Waals surface area contributed by atoms with Crippen LogP contribution in [0.5, 0.6) is 0 Å². The fraction of sp³-hybridized carbons (Fsp3) is 0.385. The van der Waals surface area contributed by atoms with Crippen LogP contribution in [0.15, 0.2) is 24.3 Å². The Labute approximate surface area is 120 Å². The summed E-state index contributed by atoms with van der Waals surface area (Å²) in [5.41, 5.74) is 0.844. The molecule has 1 aromatic carbocycles. The number of carbonyl (C=O) groups is 2. The van der Waals surface area contributed by atoms with Crippen LogP contribution in [-0.2, 0) is 16.0 Å². The molecule has 1 fully saturated rings. The van der Waals surface area contributed by atoms with Gasteiger partial charge in [-0.1, -0.05) is 23.7 Å². The summed E-state index contributed by atoms with van der Waals surface area (Å²) in [6.45, 7) is 0.494. The molecule has 1 N–H and O–H groups in total. The molecule has 1 aliphatic rings. The maximum absolute atomic E-state index is 12.2. The van der Waals surface area contributed by atoms with Crippen LogP contribution in [0, 0.1) is 0 Å². The number of carboxylic acids is 1. The zero-order chi connectivity index (χ0) is 13.8. The highest BCUT2D eigenvalue weighted by Crippen LogP contribution is 2.18. The van der Waals surface area contributed by atoms with Gasteiger partial charge in [-0.3, -0.25) is 4.79 Å². The number of hydrogen-bond acceptors (Lipinski definition) is 3. The normalized spacial score (nSPS) is 19.2. The first-order valence-electron chi connectivity index (χ1n) is 5.92. The maximum Gasteiger partial charge on any atom is 0.327 e. The van der Waals surface area contributed by atoms with Gasteiger partial charge in [0.25, 0.3) is 0 Å². The average molecular weight is 300 g/mol. The summed E-state index contributed by atoms with van der Waals surface area (Å²) < 4.78 is 0. The molecule has 1 amide bonds. The van der Waals surface area contributed by atoms with Gasteiger partial charge in [0.15, 0.2) is 0 Å². The van der Waals surface area contributed by atoms with Gasteiger partial charge in [0.1, 0.15) is 6.04 Å². The summed E-state index contributed by atoms with van der Waals surface area (Å²) in [5, 5.41) is 9.75. The maximum atomic E-state index is 12.2. The Kier molecular flexibility index (Phi) is 4.71. The molecule has 0 spiro atoms. The summed E-state index contributed by atoms with van der Waals surface area (Å²) >= 11 is 7.35. The third kappa shape index (κ3) is 3.64. The van der Waals surface area contributed by atoms with Crippen molar-refractivity contribution in [3.05, 3.63) is 34.9 Å². The first kappa shape index (κ1) is 14.2. The van der Waals surface area contributed by atoms with Crippen LogP contribution in [0.25, 0.3) is 0 Å². The molecule has 0 aromatic heterocycles. The first-order chi connectivity index (χ1) is 9.08. The van der Waals surface area contributed by atoms with E-state index in [4.69, 9.17) is 16.7 Å². The molecule has 1 saturated heterocycles. The van der Waals surface area contributed by atoms with E-state index in [2.05, 4.69) is 0 Å². The van der Waals surface area contributed by atoms with Crippen LogP contribution >= 0.6 is 23.4 Å². The Hall–Kier alpha value is -1.20. The van der Waals surface area contributed by atoms with E-state index < -0.39 is 12.0 Å². The number of benzene rings is 1. The predicted octanol–water partition coefficient (Wildman–Crippen LogP) is 1.91. The van der Waals surface area contributed by atoms with E-state index in [1.165, 1.54) is 4.90 Å². The second kappa shape index (κ2) is 6.30. The van der Waals surface area contributed by atoms with Gasteiger partial charge >= 0.3 is 5.97 Å². The topological polar surface area (TPSA) is 57.6 Å². The molecule has 2 rings (SSSR count). The highest BCUT2D eigenvalue weighted by Gasteiger charge is 2.32. The van der Waals surface area contributed by atoms with Crippen LogP contribution in [0.4, 0.5) is 0 Å². The minimum atomic E-state index is -0.934. The zero-order valence-electron chi connectivity index (χ0n) is 10.2. The molecule has 6 heteroatoms. The van der Waals surface area contributed by atoms with Gasteiger partial charge < -0.3 is 10.0 Å². The van der Waals surface area contributed by atoms with E-state index in [-0.39, 0.29) is 12.3 Å². The summed E-state index contributed by atoms with van der Waals surface area (Å²) in [6.07, 6.45) is 0.214. The number of aliphatic carboxylic acids is 1. The van der Waals surface area contributed by atoms with Crippen LogP contribution in [-0.4, -0.2) is 46.0 Å². The van der Waals surface area contributed by atoms with Crippen molar-refractivity contribution in [3.8, 4) is 0 Å². The number of thioether (sulfide) groups is 1. The van der Waals surface area contributed by atoms with E-state index in [1.54, 1.807) is 36.0 Å². The Bertz CT molecular complexity index is 477. The van der Waals surface area contributed by atoms with Crippen molar-refractivity contribution in [2.45, 2.75) is 12.5 Å². The van der Waals surface area contributed by atoms with Gasteiger partial charge in [0, 0.05) is 23.1 Å². The molecule has 4 nitrogen and oxygen atoms in total. The predicted molar refractivity (Wildman–Crippen MR) is 75.6 cm³/mol. The lowest BCUT2D eigenvalue weighted by Crippen LogP contribution is -2.50. The largest absolute Gasteiger partial charge is 0.480 e. The van der Waals surface area contributed by atoms with Crippen molar-refractivity contribution in [1.29, 1.82) is 0 Å². The molecule has 1 heterocycles. The van der Waals surface area contributed by atoms with Gasteiger partial charge in [-0.25, -0.2) is 4.79 Å². The highest BCUT2D eigenvalue weighted by molar-refractivity contribution is 7.99. The SMILES string of the molecule is O=C(O)C1CSCCN1C(=O)Cc1ccc(Cl)cc1. The molecule has 1 atom stereocenters. The summed E-state index contributed by atoms with van der Waals surface area (Å²) in [5.74, 6) is 0.171. The standard InChI is InChI=1S/C13H14ClNO3S/c14-10-3-1-9(2-4-10)7-12(16)15-5-6-19-8-11(15)13(17)18/h1-4,11H,5-8H2,(H,17,18). The lowest BCUT2D eigenvalue weighted by molar-refractivity contribution is -0.148. The number of carboxylic acid groups (broad SMARTS) is 1. The number of carbonyl (C=O) groups excluding carboxylic acids is 1. The molecule has 19 heavy (non-hydrogen) atoms. The molecule has 1 aromatic rings. The van der Waals surface area contributed by atoms with Crippen molar-refractivity contribution in [2.75, 3.05) is 18.1 Å². The smallest absolute Gasteiger partial charge is 0.327 e. The van der Waals surface area contributed by atoms with E-state index in [9.17, 15) is 9.59 Å². The van der Waals surface area contributed by atoms with Crippen LogP contribution < -0.4 is 0 Å². The van der Waals surface area contributed by atoms with Crippen molar-refractivity contribution in [2.24, 2.45) is 0 Å². The Morgan fingerprint density at radius 3 is 2.68 bits per heavy atom. The first-order valence-corrected chi connectivity index (χ1v) is 7.45. The zero-order valence-corrected chi connectivity index (χ0v) is 11.8. The van der Waals surface area contributed by atoms with Gasteiger partial charge in [-0.2, -0.15) is 11.8 Å². The summed E-state index contributed by atoms with van der Waals surface area (Å²) in [6, 6.07) is 6.32. The van der Waals surface area contributed by atoms with E-state index in [0.29, 0.717) is 17.3 Å². The molecule has 1 aliphatic heterocycles. The van der Waals surface area contributed by atoms with Crippen LogP contribution in [0.2, 0.25) is 5.02 Å². The lowest BCUT2D eigenvalue weighted by atomic mass is 10.1. The number of amides is 1. The second-order valence-corrected chi connectivity index (χ2v) is 5.91. The number of rotatable bonds is 3. The second-order valence-electron chi connectivity index (χ2n) is 4.32. The minimum Gasteiger partial charge on any atom is -0.480 e. The van der Waals surface area contributed by atoms with Crippen molar-refractivity contribution in [3.63, 3.8) is 0 Å². The van der Waals surface area contributed by atoms with Crippen LogP contribution in [0.3, 0.4) is 0 Å². The third-order valence-corrected chi connectivity index (χ3v) is 4.28. The van der Waals surface area contributed by atoms with E-state index in [1.807, 2.05) is 0 Å². The van der Waals surface area contributed by atoms with Crippen molar-refractivity contribution < 1.29 is 14.7 Å². The van der Waals surface area contributed by atoms with Gasteiger partial charge in [0.2, 0.25) is 5.91 Å². The van der Waals surface area contributed by atoms with Gasteiger partial charge in [-0.15, -0.1) is 0 Å². The number of halogens is 1. The molecule has 1 unspecified atom stereocenters. The molecule has 0 aliphatic carbocycles. The Balaban J connectivity index is 2.05. The fourth-order valence-corrected chi connectivity index (χ4v) is 3.15. The van der Waals surface area contributed by atoms with Gasteiger partial charge in [0.05, 0.1) is 6.42 Å². The Morgan fingerprint density at radius 1 is 1.37 bits per heavy atom. The molecule has 0 radical (unpaired) electrons. The monoisotopic (exact) mass is 299 g/mol. The molecular weight excluding hydrogens is 286 g/mol. The number of nitrogens with zero attached hydrogens (tertiary/aromatic N) is 1. The third-order valence-electron chi connectivity index (χ3n) is 3.00. The molecule has 102 valence electrons. The quantitative estimate of drug-likeness (QED) is 0.926. The Morgan fingerprint density at radius 2 is 2.05 bits per heavy atom. The summed E-state index contributed by atoms with van der Waals surface area (Å²) in [7, 11) is 0. The molecular formula is C13H14ClNO3S. The van der Waals surface area contributed by atoms with Crippen molar-refractivity contribution in [1.82, 2.24) is 4.90 Å². The number of hydrogen-bond donors (Lipinski definition) is 1. The summed E-state index contributed by atoms with van der Waals surface area (Å²) in [4.78, 5) is 24.8. The highest BCUT2D eigenvalue weighted by atomic mass is 35.5. The fourth-order valence-electron chi connectivity index (χ4n) is 1.99. The molecule has 0 saturated carbocycles. The average Bonchev–Trinajstić information content (AvgIpc) is 2.41.